The van der Waals surface area contributed by atoms with Gasteiger partial charge in [-0.1, -0.05) is 65.2 Å². The number of aryl methyl sites for hydroxylation is 4. The van der Waals surface area contributed by atoms with Gasteiger partial charge in [-0.05, 0) is 52.9 Å². The van der Waals surface area contributed by atoms with E-state index < -0.39 is 58.7 Å². The molecule has 0 spiro atoms. The van der Waals surface area contributed by atoms with Crippen LogP contribution in [0.5, 0.6) is 0 Å². The third kappa shape index (κ3) is 10.6. The van der Waals surface area contributed by atoms with Crippen LogP contribution in [0.1, 0.15) is 68.2 Å². The molecular formula is C42H58N10O8. The SMILES string of the molecule is CCCn1cnc2c1c(=O)n(CC(C)(C#CCN(CC)CC)OC(=O)/C=C/C(=O)OC(C)(C#CCN(CC)CC)Cn1c(=O)c3c(ncn3CCC)n(C)c1=O)c(=O)n2C. The fourth-order valence-corrected chi connectivity index (χ4v) is 6.76. The van der Waals surface area contributed by atoms with E-state index in [0.717, 1.165) is 34.1 Å². The lowest BCUT2D eigenvalue weighted by Crippen LogP contribution is -2.47. The number of imidazole rings is 2. The first-order valence-electron chi connectivity index (χ1n) is 20.4. The Morgan fingerprint density at radius 1 is 0.650 bits per heavy atom. The second kappa shape index (κ2) is 20.3. The van der Waals surface area contributed by atoms with Crippen LogP contribution in [0.15, 0.2) is 44.0 Å². The topological polar surface area (TPSA) is 183 Å². The molecule has 0 bridgehead atoms. The van der Waals surface area contributed by atoms with Crippen LogP contribution in [-0.4, -0.2) is 110 Å². The van der Waals surface area contributed by atoms with Gasteiger partial charge in [-0.2, -0.15) is 0 Å². The third-order valence-corrected chi connectivity index (χ3v) is 10.2. The zero-order valence-corrected chi connectivity index (χ0v) is 36.5. The normalized spacial score (nSPS) is 13.6. The highest BCUT2D eigenvalue weighted by Crippen LogP contribution is 2.16. The van der Waals surface area contributed by atoms with Gasteiger partial charge in [-0.25, -0.2) is 29.1 Å². The maximum absolute atomic E-state index is 13.8. The number of hydrogen-bond donors (Lipinski definition) is 0. The Labute approximate surface area is 349 Å². The van der Waals surface area contributed by atoms with Crippen molar-refractivity contribution in [2.45, 2.75) is 106 Å². The van der Waals surface area contributed by atoms with Gasteiger partial charge in [-0.3, -0.25) is 37.7 Å². The molecule has 18 heteroatoms. The Balaban J connectivity index is 1.69. The van der Waals surface area contributed by atoms with Crippen molar-refractivity contribution in [2.75, 3.05) is 39.3 Å². The number of carbonyl (C=O) groups is 2. The molecule has 4 rings (SSSR count). The minimum atomic E-state index is -1.72. The molecule has 0 saturated heterocycles. The summed E-state index contributed by atoms with van der Waals surface area (Å²) in [7, 11) is 3.01. The third-order valence-electron chi connectivity index (χ3n) is 10.2. The molecule has 0 aliphatic heterocycles. The average Bonchev–Trinajstić information content (AvgIpc) is 3.84. The molecule has 18 nitrogen and oxygen atoms in total. The molecule has 2 unspecified atom stereocenters. The Kier molecular flexibility index (Phi) is 15.8. The molecule has 0 aliphatic carbocycles. The molecule has 4 aromatic heterocycles. The highest BCUT2D eigenvalue weighted by molar-refractivity contribution is 5.92. The summed E-state index contributed by atoms with van der Waals surface area (Å²) >= 11 is 0. The van der Waals surface area contributed by atoms with Gasteiger partial charge in [0.15, 0.2) is 33.5 Å². The van der Waals surface area contributed by atoms with Gasteiger partial charge in [0, 0.05) is 39.3 Å². The summed E-state index contributed by atoms with van der Waals surface area (Å²) in [5.74, 6) is 9.93. The molecule has 60 heavy (non-hydrogen) atoms. The molecule has 0 aliphatic rings. The summed E-state index contributed by atoms with van der Waals surface area (Å²) in [5, 5.41) is 0. The molecule has 0 N–H and O–H groups in total. The quantitative estimate of drug-likeness (QED) is 0.0802. The van der Waals surface area contributed by atoms with E-state index in [9.17, 15) is 28.8 Å². The van der Waals surface area contributed by atoms with Crippen LogP contribution in [-0.2, 0) is 59.3 Å². The Hall–Kier alpha value is -5.98. The van der Waals surface area contributed by atoms with Gasteiger partial charge in [0.1, 0.15) is 0 Å². The highest BCUT2D eigenvalue weighted by Gasteiger charge is 2.32. The van der Waals surface area contributed by atoms with E-state index in [1.165, 1.54) is 49.7 Å². The van der Waals surface area contributed by atoms with Crippen LogP contribution in [0.4, 0.5) is 0 Å². The van der Waals surface area contributed by atoms with Gasteiger partial charge in [0.25, 0.3) is 11.1 Å². The lowest BCUT2D eigenvalue weighted by Gasteiger charge is -2.25. The van der Waals surface area contributed by atoms with E-state index in [0.29, 0.717) is 52.4 Å². The smallest absolute Gasteiger partial charge is 0.332 e. The van der Waals surface area contributed by atoms with Crippen molar-refractivity contribution in [3.8, 4) is 23.7 Å². The van der Waals surface area contributed by atoms with Gasteiger partial charge in [-0.15, -0.1) is 0 Å². The number of aromatic nitrogens is 8. The monoisotopic (exact) mass is 830 g/mol. The Bertz CT molecular complexity index is 2420. The molecule has 0 fully saturated rings. The molecule has 0 saturated carbocycles. The zero-order chi connectivity index (χ0) is 44.4. The fraction of sp³-hybridized carbons (Fsp3) is 0.571. The second-order valence-corrected chi connectivity index (χ2v) is 14.8. The minimum absolute atomic E-state index is 0.223. The largest absolute Gasteiger partial charge is 0.441 e. The van der Waals surface area contributed by atoms with Crippen molar-refractivity contribution in [3.63, 3.8) is 0 Å². The molecule has 2 atom stereocenters. The predicted octanol–water partition coefficient (Wildman–Crippen LogP) is 1.48. The average molecular weight is 831 g/mol. The number of esters is 2. The van der Waals surface area contributed by atoms with E-state index in [4.69, 9.17) is 9.47 Å². The van der Waals surface area contributed by atoms with Gasteiger partial charge in [0.05, 0.1) is 38.8 Å². The van der Waals surface area contributed by atoms with E-state index >= 15 is 0 Å². The van der Waals surface area contributed by atoms with Crippen LogP contribution < -0.4 is 22.5 Å². The van der Waals surface area contributed by atoms with Crippen LogP contribution in [0.25, 0.3) is 22.3 Å². The predicted molar refractivity (Wildman–Crippen MR) is 228 cm³/mol. The van der Waals surface area contributed by atoms with E-state index in [1.807, 2.05) is 51.3 Å². The highest BCUT2D eigenvalue weighted by atomic mass is 16.6. The standard InChI is InChI=1S/C42H58N10O8/c1-11-23-49-29-43-35-33(49)37(55)51(39(57)45(35)9)27-41(7,21-17-25-47(13-3)14-4)59-31(53)19-20-32(54)60-42(8,22-18-26-48(15-5)16-6)28-52-38(56)34-36(46(10)40(52)58)44-30-50(34)24-12-2/h19-20,29-30H,11-16,23-28H2,1-10H3/b20-19+. The van der Waals surface area contributed by atoms with Crippen LogP contribution in [0.2, 0.25) is 0 Å². The minimum Gasteiger partial charge on any atom is -0.441 e. The summed E-state index contributed by atoms with van der Waals surface area (Å²) < 4.78 is 19.4. The number of carbonyl (C=O) groups excluding carboxylic acids is 2. The molecular weight excluding hydrogens is 773 g/mol. The van der Waals surface area contributed by atoms with Gasteiger partial charge in [0.2, 0.25) is 0 Å². The lowest BCUT2D eigenvalue weighted by molar-refractivity contribution is -0.150. The number of rotatable bonds is 18. The van der Waals surface area contributed by atoms with E-state index in [1.54, 1.807) is 9.13 Å². The molecule has 324 valence electrons. The Morgan fingerprint density at radius 3 is 1.32 bits per heavy atom. The summed E-state index contributed by atoms with van der Waals surface area (Å²) in [6.07, 6.45) is 6.14. The second-order valence-electron chi connectivity index (χ2n) is 14.8. The van der Waals surface area contributed by atoms with Crippen LogP contribution >= 0.6 is 0 Å². The maximum atomic E-state index is 13.8. The lowest BCUT2D eigenvalue weighted by atomic mass is 10.1. The number of fused-ring (bicyclic) bond motifs is 2. The summed E-state index contributed by atoms with van der Waals surface area (Å²) in [4.78, 5) is 94.3. The molecule has 0 radical (unpaired) electrons. The van der Waals surface area contributed by atoms with Gasteiger partial charge < -0.3 is 18.6 Å². The first kappa shape index (κ1) is 46.7. The Morgan fingerprint density at radius 2 is 1.00 bits per heavy atom. The summed E-state index contributed by atoms with van der Waals surface area (Å²) in [5.41, 5.74) is -5.12. The van der Waals surface area contributed by atoms with Crippen molar-refractivity contribution in [3.05, 3.63) is 66.5 Å². The van der Waals surface area contributed by atoms with Gasteiger partial charge >= 0.3 is 23.3 Å². The van der Waals surface area contributed by atoms with Crippen molar-refractivity contribution >= 4 is 34.3 Å². The first-order valence-corrected chi connectivity index (χ1v) is 20.4. The number of hydrogen-bond acceptors (Lipinski definition) is 12. The van der Waals surface area contributed by atoms with Crippen molar-refractivity contribution in [1.29, 1.82) is 0 Å². The van der Waals surface area contributed by atoms with Crippen molar-refractivity contribution < 1.29 is 19.1 Å². The molecule has 4 aromatic rings. The summed E-state index contributed by atoms with van der Waals surface area (Å²) in [6, 6.07) is 0. The number of nitrogens with zero attached hydrogens (tertiary/aromatic N) is 10. The van der Waals surface area contributed by atoms with E-state index in [2.05, 4.69) is 33.6 Å². The molecule has 4 heterocycles. The first-order chi connectivity index (χ1) is 28.5. The fourth-order valence-electron chi connectivity index (χ4n) is 6.76. The summed E-state index contributed by atoms with van der Waals surface area (Å²) in [6.45, 7) is 18.4. The van der Waals surface area contributed by atoms with Crippen LogP contribution in [0, 0.1) is 23.7 Å². The molecule has 0 aromatic carbocycles. The zero-order valence-electron chi connectivity index (χ0n) is 36.5. The van der Waals surface area contributed by atoms with E-state index in [-0.39, 0.29) is 22.3 Å². The molecule has 0 amide bonds. The van der Waals surface area contributed by atoms with Crippen molar-refractivity contribution in [2.24, 2.45) is 14.1 Å². The number of ether oxygens (including phenoxy) is 2. The van der Waals surface area contributed by atoms with Crippen molar-refractivity contribution in [1.82, 2.24) is 47.2 Å². The van der Waals surface area contributed by atoms with Crippen LogP contribution in [0.3, 0.4) is 0 Å². The maximum Gasteiger partial charge on any atom is 0.332 e.